The van der Waals surface area contributed by atoms with Crippen LogP contribution in [0.4, 0.5) is 5.82 Å². The Morgan fingerprint density at radius 1 is 1.12 bits per heavy atom. The molecule has 0 spiro atoms. The number of anilines is 1. The average molecular weight is 400 g/mol. The zero-order valence-corrected chi connectivity index (χ0v) is 15.9. The van der Waals surface area contributed by atoms with Crippen LogP contribution in [0.3, 0.4) is 0 Å². The van der Waals surface area contributed by atoms with E-state index in [-0.39, 0.29) is 0 Å². The van der Waals surface area contributed by atoms with Crippen molar-refractivity contribution in [2.24, 2.45) is 0 Å². The molecule has 1 aliphatic rings. The number of hydrogen-bond acceptors (Lipinski definition) is 4. The monoisotopic (exact) mass is 399 g/mol. The molecule has 3 heterocycles. The van der Waals surface area contributed by atoms with Gasteiger partial charge in [0.2, 0.25) is 0 Å². The van der Waals surface area contributed by atoms with E-state index < -0.39 is 0 Å². The van der Waals surface area contributed by atoms with Gasteiger partial charge in [0.25, 0.3) is 0 Å². The number of rotatable bonds is 4. The van der Waals surface area contributed by atoms with E-state index >= 15 is 0 Å². The lowest BCUT2D eigenvalue weighted by Crippen LogP contribution is -2.40. The lowest BCUT2D eigenvalue weighted by Gasteiger charge is -2.36. The van der Waals surface area contributed by atoms with Crippen LogP contribution in [0, 0.1) is 0 Å². The van der Waals surface area contributed by atoms with Gasteiger partial charge in [0.15, 0.2) is 5.82 Å². The van der Waals surface area contributed by atoms with E-state index in [1.54, 1.807) is 6.33 Å². The summed E-state index contributed by atoms with van der Waals surface area (Å²) < 4.78 is 2.81. The minimum Gasteiger partial charge on any atom is -0.365 e. The van der Waals surface area contributed by atoms with E-state index in [4.69, 9.17) is 0 Å². The summed E-state index contributed by atoms with van der Waals surface area (Å²) in [5.74, 6) is 0.912. The molecule has 1 N–H and O–H groups in total. The molecule has 25 heavy (non-hydrogen) atoms. The van der Waals surface area contributed by atoms with Crippen molar-refractivity contribution in [2.75, 3.05) is 18.4 Å². The molecule has 3 aromatic rings. The molecule has 130 valence electrons. The summed E-state index contributed by atoms with van der Waals surface area (Å²) >= 11 is 3.51. The molecule has 4 rings (SSSR count). The van der Waals surface area contributed by atoms with Crippen LogP contribution >= 0.6 is 15.9 Å². The van der Waals surface area contributed by atoms with Gasteiger partial charge in [0.1, 0.15) is 16.4 Å². The van der Waals surface area contributed by atoms with Crippen LogP contribution in [0.2, 0.25) is 0 Å². The predicted octanol–water partition coefficient (Wildman–Crippen LogP) is 4.13. The molecule has 0 radical (unpaired) electrons. The quantitative estimate of drug-likeness (QED) is 0.716. The van der Waals surface area contributed by atoms with Crippen LogP contribution in [0.25, 0.3) is 5.52 Å². The average Bonchev–Trinajstić information content (AvgIpc) is 3.05. The molecule has 2 aromatic heterocycles. The Kier molecular flexibility index (Phi) is 4.72. The first-order valence-corrected chi connectivity index (χ1v) is 9.55. The highest BCUT2D eigenvalue weighted by Crippen LogP contribution is 2.26. The molecule has 0 aliphatic carbocycles. The maximum absolute atomic E-state index is 4.44. The summed E-state index contributed by atoms with van der Waals surface area (Å²) in [4.78, 5) is 7.00. The normalized spacial score (nSPS) is 17.7. The van der Waals surface area contributed by atoms with Crippen molar-refractivity contribution in [3.8, 4) is 0 Å². The molecule has 0 saturated carbocycles. The highest BCUT2D eigenvalue weighted by molar-refractivity contribution is 9.10. The lowest BCUT2D eigenvalue weighted by atomic mass is 10.00. The van der Waals surface area contributed by atoms with Gasteiger partial charge in [-0.25, -0.2) is 9.50 Å². The first kappa shape index (κ1) is 16.5. The number of piperidine rings is 1. The molecule has 1 aliphatic heterocycles. The second-order valence-electron chi connectivity index (χ2n) is 6.60. The molecular formula is C19H22BrN5. The maximum atomic E-state index is 4.44. The predicted molar refractivity (Wildman–Crippen MR) is 104 cm³/mol. The van der Waals surface area contributed by atoms with Gasteiger partial charge in [-0.3, -0.25) is 4.90 Å². The molecule has 1 fully saturated rings. The SMILES string of the molecule is CC(c1ccccc1)N1CCC(Nc2ncnn3c(Br)ccc23)CC1. The molecule has 1 unspecified atom stereocenters. The summed E-state index contributed by atoms with van der Waals surface area (Å²) in [6, 6.07) is 15.7. The largest absolute Gasteiger partial charge is 0.365 e. The van der Waals surface area contributed by atoms with E-state index in [2.05, 4.69) is 73.5 Å². The van der Waals surface area contributed by atoms with Gasteiger partial charge < -0.3 is 5.32 Å². The molecule has 1 saturated heterocycles. The second-order valence-corrected chi connectivity index (χ2v) is 7.42. The summed E-state index contributed by atoms with van der Waals surface area (Å²) in [7, 11) is 0. The topological polar surface area (TPSA) is 45.5 Å². The van der Waals surface area contributed by atoms with Crippen molar-refractivity contribution < 1.29 is 0 Å². The molecule has 6 heteroatoms. The fourth-order valence-corrected chi connectivity index (χ4v) is 3.99. The minimum atomic E-state index is 0.451. The van der Waals surface area contributed by atoms with E-state index in [1.165, 1.54) is 5.56 Å². The number of nitrogens with one attached hydrogen (secondary N) is 1. The molecule has 1 atom stereocenters. The van der Waals surface area contributed by atoms with Crippen LogP contribution in [0.15, 0.2) is 53.4 Å². The van der Waals surface area contributed by atoms with Crippen molar-refractivity contribution in [1.29, 1.82) is 0 Å². The van der Waals surface area contributed by atoms with E-state index in [0.29, 0.717) is 12.1 Å². The van der Waals surface area contributed by atoms with Crippen molar-refractivity contribution in [2.45, 2.75) is 31.8 Å². The number of hydrogen-bond donors (Lipinski definition) is 1. The zero-order chi connectivity index (χ0) is 17.2. The number of halogens is 1. The van der Waals surface area contributed by atoms with Crippen molar-refractivity contribution >= 4 is 27.3 Å². The zero-order valence-electron chi connectivity index (χ0n) is 14.3. The van der Waals surface area contributed by atoms with Crippen LogP contribution in [-0.2, 0) is 0 Å². The summed E-state index contributed by atoms with van der Waals surface area (Å²) in [6.07, 6.45) is 3.84. The lowest BCUT2D eigenvalue weighted by molar-refractivity contribution is 0.167. The Labute approximate surface area is 156 Å². The first-order chi connectivity index (χ1) is 12.2. The van der Waals surface area contributed by atoms with Gasteiger partial charge in [-0.2, -0.15) is 5.10 Å². The van der Waals surface area contributed by atoms with Gasteiger partial charge in [-0.1, -0.05) is 30.3 Å². The Balaban J connectivity index is 1.40. The Bertz CT molecular complexity index is 839. The fourth-order valence-electron chi connectivity index (χ4n) is 3.58. The number of fused-ring (bicyclic) bond motifs is 1. The maximum Gasteiger partial charge on any atom is 0.154 e. The number of likely N-dealkylation sites (tertiary alicyclic amines) is 1. The van der Waals surface area contributed by atoms with Gasteiger partial charge >= 0.3 is 0 Å². The molecule has 0 amide bonds. The smallest absolute Gasteiger partial charge is 0.154 e. The highest BCUT2D eigenvalue weighted by atomic mass is 79.9. The van der Waals surface area contributed by atoms with E-state index in [9.17, 15) is 0 Å². The highest BCUT2D eigenvalue weighted by Gasteiger charge is 2.24. The third-order valence-electron chi connectivity index (χ3n) is 5.11. The van der Waals surface area contributed by atoms with Crippen molar-refractivity contribution in [3.63, 3.8) is 0 Å². The Morgan fingerprint density at radius 3 is 2.64 bits per heavy atom. The van der Waals surface area contributed by atoms with Crippen LogP contribution in [0.1, 0.15) is 31.4 Å². The van der Waals surface area contributed by atoms with Crippen LogP contribution in [-0.4, -0.2) is 38.6 Å². The molecule has 1 aromatic carbocycles. The summed E-state index contributed by atoms with van der Waals surface area (Å²) in [6.45, 7) is 4.49. The second kappa shape index (κ2) is 7.14. The fraction of sp³-hybridized carbons (Fsp3) is 0.368. The third kappa shape index (κ3) is 3.41. The van der Waals surface area contributed by atoms with Crippen molar-refractivity contribution in [3.05, 3.63) is 59.0 Å². The Hall–Kier alpha value is -1.92. The third-order valence-corrected chi connectivity index (χ3v) is 5.71. The summed E-state index contributed by atoms with van der Waals surface area (Å²) in [5.41, 5.74) is 2.40. The van der Waals surface area contributed by atoms with E-state index in [1.807, 2.05) is 16.6 Å². The number of benzene rings is 1. The molecular weight excluding hydrogens is 378 g/mol. The standard InChI is InChI=1S/C19H22BrN5/c1-14(15-5-3-2-4-6-15)24-11-9-16(10-12-24)23-19-17-7-8-18(20)25(17)22-13-21-19/h2-8,13-14,16H,9-12H2,1H3,(H,21,22,23). The number of nitrogens with zero attached hydrogens (tertiary/aromatic N) is 4. The van der Waals surface area contributed by atoms with E-state index in [0.717, 1.165) is 41.9 Å². The Morgan fingerprint density at radius 2 is 1.88 bits per heavy atom. The minimum absolute atomic E-state index is 0.451. The van der Waals surface area contributed by atoms with Gasteiger partial charge in [-0.05, 0) is 53.4 Å². The van der Waals surface area contributed by atoms with Gasteiger partial charge in [0.05, 0.1) is 0 Å². The van der Waals surface area contributed by atoms with Crippen molar-refractivity contribution in [1.82, 2.24) is 19.5 Å². The number of aromatic nitrogens is 3. The summed E-state index contributed by atoms with van der Waals surface area (Å²) in [5, 5.41) is 7.89. The van der Waals surface area contributed by atoms with Crippen LogP contribution < -0.4 is 5.32 Å². The van der Waals surface area contributed by atoms with Gasteiger partial charge in [0, 0.05) is 25.2 Å². The van der Waals surface area contributed by atoms with Crippen LogP contribution in [0.5, 0.6) is 0 Å². The molecule has 0 bridgehead atoms. The first-order valence-electron chi connectivity index (χ1n) is 8.76. The molecule has 5 nitrogen and oxygen atoms in total. The van der Waals surface area contributed by atoms with Gasteiger partial charge in [-0.15, -0.1) is 0 Å².